The van der Waals surface area contributed by atoms with Gasteiger partial charge in [-0.25, -0.2) is 4.57 Å². The van der Waals surface area contributed by atoms with Gasteiger partial charge in [-0.15, -0.1) is 0 Å². The Morgan fingerprint density at radius 2 is 1.29 bits per heavy atom. The minimum atomic E-state index is -5.42. The second-order valence-electron chi connectivity index (χ2n) is 17.3. The van der Waals surface area contributed by atoms with Gasteiger partial charge in [0, 0.05) is 24.7 Å². The first-order chi connectivity index (χ1) is 29.6. The number of cyclic esters (lactones) is 1. The second-order valence-corrected chi connectivity index (χ2v) is 18.7. The van der Waals surface area contributed by atoms with Crippen LogP contribution < -0.4 is 0 Å². The van der Waals surface area contributed by atoms with Crippen LogP contribution in [0.25, 0.3) is 0 Å². The third-order valence-electron chi connectivity index (χ3n) is 11.9. The van der Waals surface area contributed by atoms with Crippen LogP contribution in [0.2, 0.25) is 0 Å². The molecule has 16 nitrogen and oxygen atoms in total. The smallest absolute Gasteiger partial charge is 0.461 e. The summed E-state index contributed by atoms with van der Waals surface area (Å²) in [5.41, 5.74) is 0. The highest BCUT2D eigenvalue weighted by Crippen LogP contribution is 2.47. The van der Waals surface area contributed by atoms with Crippen molar-refractivity contribution in [3.05, 3.63) is 24.3 Å². The van der Waals surface area contributed by atoms with Crippen molar-refractivity contribution in [3.8, 4) is 0 Å². The zero-order chi connectivity index (χ0) is 45.9. The molecule has 2 aliphatic rings. The number of unbranched alkanes of at least 4 members (excludes halogenated alkanes) is 16. The fourth-order valence-corrected chi connectivity index (χ4v) is 8.94. The lowest BCUT2D eigenvalue weighted by molar-refractivity contribution is -0.167. The average Bonchev–Trinajstić information content (AvgIpc) is 3.23. The van der Waals surface area contributed by atoms with Crippen LogP contribution in [-0.2, 0) is 32.7 Å². The van der Waals surface area contributed by atoms with Crippen molar-refractivity contribution in [1.82, 2.24) is 0 Å². The summed E-state index contributed by atoms with van der Waals surface area (Å²) in [7, 11) is -5.42. The van der Waals surface area contributed by atoms with Crippen molar-refractivity contribution in [3.63, 3.8) is 0 Å². The van der Waals surface area contributed by atoms with Gasteiger partial charge >= 0.3 is 19.8 Å². The topological polar surface area (TPSA) is 270 Å². The van der Waals surface area contributed by atoms with Crippen molar-refractivity contribution >= 4 is 19.8 Å². The normalized spacial score (nSPS) is 33.1. The lowest BCUT2D eigenvalue weighted by atomic mass is 9.83. The summed E-state index contributed by atoms with van der Waals surface area (Å²) in [6.07, 6.45) is 5.12. The number of allylic oxidation sites excluding steroid dienone is 1. The van der Waals surface area contributed by atoms with Crippen LogP contribution in [0.4, 0.5) is 0 Å². The Bertz CT molecular complexity index is 1320. The quantitative estimate of drug-likeness (QED) is 0.0275. The van der Waals surface area contributed by atoms with E-state index in [1.165, 1.54) is 88.5 Å². The van der Waals surface area contributed by atoms with Gasteiger partial charge < -0.3 is 55.2 Å². The number of hydrogen-bond acceptors (Lipinski definition) is 15. The van der Waals surface area contributed by atoms with Crippen LogP contribution in [-0.4, -0.2) is 132 Å². The molecule has 0 aromatic rings. The van der Waals surface area contributed by atoms with Gasteiger partial charge in [0.05, 0.1) is 43.5 Å². The Hall–Kier alpha value is -1.79. The zero-order valence-electron chi connectivity index (χ0n) is 37.2. The van der Waals surface area contributed by atoms with E-state index in [0.29, 0.717) is 19.3 Å². The molecular formula is C45H81O16P. The van der Waals surface area contributed by atoms with E-state index in [-0.39, 0.29) is 19.3 Å². The summed E-state index contributed by atoms with van der Waals surface area (Å²) >= 11 is 0. The van der Waals surface area contributed by atoms with Crippen molar-refractivity contribution in [2.75, 3.05) is 13.2 Å². The van der Waals surface area contributed by atoms with Gasteiger partial charge in [-0.1, -0.05) is 147 Å². The molecule has 1 heterocycles. The van der Waals surface area contributed by atoms with Gasteiger partial charge in [0.1, 0.15) is 31.0 Å². The first-order valence-electron chi connectivity index (χ1n) is 23.4. The first-order valence-corrected chi connectivity index (χ1v) is 24.9. The molecule has 1 unspecified atom stereocenters. The van der Waals surface area contributed by atoms with Crippen LogP contribution in [0.3, 0.4) is 0 Å². The Labute approximate surface area is 369 Å². The molecule has 0 aromatic heterocycles. The van der Waals surface area contributed by atoms with E-state index < -0.39 is 112 Å². The first kappa shape index (κ1) is 56.3. The number of ether oxygens (including phenoxy) is 2. The number of aliphatic hydroxyl groups is 8. The Balaban J connectivity index is 2.15. The third-order valence-corrected chi connectivity index (χ3v) is 12.9. The van der Waals surface area contributed by atoms with Crippen molar-refractivity contribution in [2.45, 2.75) is 223 Å². The minimum absolute atomic E-state index is 0.0293. The fraction of sp³-hybridized carbons (Fsp3) is 0.867. The van der Waals surface area contributed by atoms with Gasteiger partial charge in [0.2, 0.25) is 0 Å². The van der Waals surface area contributed by atoms with Crippen LogP contribution in [0.1, 0.15) is 162 Å². The predicted octanol–water partition coefficient (Wildman–Crippen LogP) is 5.21. The maximum Gasteiger partial charge on any atom is 0.472 e. The van der Waals surface area contributed by atoms with Crippen LogP contribution in [0.15, 0.2) is 24.3 Å². The monoisotopic (exact) mass is 909 g/mol. The molecule has 362 valence electrons. The van der Waals surface area contributed by atoms with E-state index in [0.717, 1.165) is 38.5 Å². The molecule has 62 heavy (non-hydrogen) atoms. The maximum absolute atomic E-state index is 13.4. The van der Waals surface area contributed by atoms with Crippen molar-refractivity contribution < 1.29 is 78.4 Å². The number of fused-ring (bicyclic) bond motifs is 4. The molecule has 1 aliphatic heterocycles. The molecule has 0 saturated heterocycles. The van der Waals surface area contributed by atoms with Gasteiger partial charge in [-0.2, -0.15) is 0 Å². The number of aliphatic hydroxyl groups excluding tert-OH is 8. The van der Waals surface area contributed by atoms with E-state index in [1.807, 2.05) is 6.92 Å². The fourth-order valence-electron chi connectivity index (χ4n) is 7.97. The van der Waals surface area contributed by atoms with Crippen LogP contribution in [0, 0.1) is 11.8 Å². The van der Waals surface area contributed by atoms with E-state index >= 15 is 0 Å². The number of rotatable bonds is 23. The highest BCUT2D eigenvalue weighted by atomic mass is 31.2. The van der Waals surface area contributed by atoms with Crippen molar-refractivity contribution in [2.24, 2.45) is 11.8 Å². The summed E-state index contributed by atoms with van der Waals surface area (Å²) in [5.74, 6) is -4.26. The van der Waals surface area contributed by atoms with Gasteiger partial charge in [-0.3, -0.25) is 18.6 Å². The molecular weight excluding hydrogens is 827 g/mol. The molecule has 2 bridgehead atoms. The molecule has 1 aliphatic carbocycles. The molecule has 9 N–H and O–H groups in total. The standard InChI is InChI=1S/C45H81O16P/c1-3-5-7-8-9-10-11-12-13-14-15-16-17-18-20-26-39(50)60-33-30-58-38(49)25-22-21-24-34-36(47)29-37(48)35(28-27-32(46)23-19-6-4-2)41(52)43(54)45(44(55)42(53)40(34)51)61-62(56,57)59-31-33/h21-22,27-28,32-37,40-48,51-55H,3-20,23-26,29-31H2,1-2H3,(H,56,57)/b22-21-,28-27+/t32-,33-,34-,35+,36+,37-,40-,41-,42+,43-,44-,45-/m1/s1. The van der Waals surface area contributed by atoms with Crippen LogP contribution >= 0.6 is 7.82 Å². The number of phosphoric ester groups is 1. The van der Waals surface area contributed by atoms with E-state index in [1.54, 1.807) is 0 Å². The zero-order valence-corrected chi connectivity index (χ0v) is 38.1. The molecule has 0 aromatic carbocycles. The second kappa shape index (κ2) is 32.0. The number of carbonyl (C=O) groups is 2. The van der Waals surface area contributed by atoms with Gasteiger partial charge in [-0.05, 0) is 19.3 Å². The molecule has 2 rings (SSSR count). The third kappa shape index (κ3) is 22.4. The van der Waals surface area contributed by atoms with Gasteiger partial charge in [0.25, 0.3) is 0 Å². The summed E-state index contributed by atoms with van der Waals surface area (Å²) < 4.78 is 34.5. The molecule has 0 amide bonds. The van der Waals surface area contributed by atoms with Crippen molar-refractivity contribution in [1.29, 1.82) is 0 Å². The molecule has 0 spiro atoms. The Morgan fingerprint density at radius 3 is 1.89 bits per heavy atom. The van der Waals surface area contributed by atoms with E-state index in [2.05, 4.69) is 6.92 Å². The number of carbonyl (C=O) groups excluding carboxylic acids is 2. The Kier molecular flexibility index (Phi) is 29.1. The average molecular weight is 909 g/mol. The molecule has 1 fully saturated rings. The highest BCUT2D eigenvalue weighted by Gasteiger charge is 2.49. The molecule has 0 radical (unpaired) electrons. The SMILES string of the molecule is CCCCCCCCCCCCCCCCCC(=O)O[C@@H]1COC(=O)C/C=C\C[C@H]2[C@@H](O)[C@H](O)[C@@H](O)[C@H](OP(=O)(O)OC1)[C@H](O)[C@H](O)[C@@H](/C=C/[C@H](O)CCCCC)[C@H](O)C[C@@H]2O. The lowest BCUT2D eigenvalue weighted by Crippen LogP contribution is -2.55. The lowest BCUT2D eigenvalue weighted by Gasteiger charge is -2.37. The van der Waals surface area contributed by atoms with Crippen LogP contribution in [0.5, 0.6) is 0 Å². The van der Waals surface area contributed by atoms with Gasteiger partial charge in [0.15, 0.2) is 6.10 Å². The Morgan fingerprint density at radius 1 is 0.742 bits per heavy atom. The molecule has 17 heteroatoms. The predicted molar refractivity (Wildman–Crippen MR) is 232 cm³/mol. The summed E-state index contributed by atoms with van der Waals surface area (Å²) in [6.45, 7) is 2.79. The number of esters is 2. The largest absolute Gasteiger partial charge is 0.472 e. The maximum atomic E-state index is 13.4. The number of hydrogen-bond donors (Lipinski definition) is 9. The summed E-state index contributed by atoms with van der Waals surface area (Å²) in [5, 5.41) is 89.6. The highest BCUT2D eigenvalue weighted by molar-refractivity contribution is 7.47. The number of phosphoric acid groups is 1. The molecule has 13 atom stereocenters. The van der Waals surface area contributed by atoms with E-state index in [9.17, 15) is 59.9 Å². The molecule has 1 saturated carbocycles. The minimum Gasteiger partial charge on any atom is -0.461 e. The summed E-state index contributed by atoms with van der Waals surface area (Å²) in [6, 6.07) is 0. The summed E-state index contributed by atoms with van der Waals surface area (Å²) in [4.78, 5) is 36.4. The van der Waals surface area contributed by atoms with E-state index in [4.69, 9.17) is 18.5 Å².